The molecule has 28 heavy (non-hydrogen) atoms. The van der Waals surface area contributed by atoms with E-state index in [4.69, 9.17) is 16.6 Å². The molecule has 0 unspecified atom stereocenters. The average molecular weight is 392 g/mol. The lowest BCUT2D eigenvalue weighted by molar-refractivity contribution is 0.589. The predicted molar refractivity (Wildman–Crippen MR) is 120 cm³/mol. The van der Waals surface area contributed by atoms with Crippen LogP contribution in [-0.4, -0.2) is 12.0 Å². The molecule has 2 N–H and O–H groups in total. The molecule has 1 aliphatic heterocycles. The average Bonchev–Trinajstić information content (AvgIpc) is 3.12. The molecule has 3 nitrogen and oxygen atoms in total. The van der Waals surface area contributed by atoms with Gasteiger partial charge in [0.25, 0.3) is 0 Å². The third-order valence-corrected chi connectivity index (χ3v) is 5.12. The van der Waals surface area contributed by atoms with Crippen LogP contribution in [0, 0.1) is 6.92 Å². The molecule has 0 aliphatic carbocycles. The monoisotopic (exact) mass is 391 g/mol. The Kier molecular flexibility index (Phi) is 6.72. The zero-order valence-corrected chi connectivity index (χ0v) is 17.1. The van der Waals surface area contributed by atoms with Crippen molar-refractivity contribution < 1.29 is 0 Å². The molecule has 0 aromatic heterocycles. The van der Waals surface area contributed by atoms with Crippen molar-refractivity contribution in [2.45, 2.75) is 32.5 Å². The van der Waals surface area contributed by atoms with E-state index in [1.807, 2.05) is 36.4 Å². The summed E-state index contributed by atoms with van der Waals surface area (Å²) in [6.45, 7) is 8.52. The molecule has 4 heteroatoms. The molecule has 0 spiro atoms. The molecule has 2 aromatic rings. The van der Waals surface area contributed by atoms with Crippen LogP contribution in [0.4, 0.5) is 0 Å². The number of halogens is 1. The fraction of sp³-hybridized carbons (Fsp3) is 0.208. The molecule has 0 amide bonds. The van der Waals surface area contributed by atoms with E-state index in [9.17, 15) is 0 Å². The molecule has 1 fully saturated rings. The van der Waals surface area contributed by atoms with Gasteiger partial charge in [-0.05, 0) is 48.2 Å². The topological polar surface area (TPSA) is 36.4 Å². The van der Waals surface area contributed by atoms with Crippen LogP contribution in [0.2, 0.25) is 5.02 Å². The summed E-state index contributed by atoms with van der Waals surface area (Å²) >= 11 is 6.06. The Bertz CT molecular complexity index is 913. The number of nitrogens with one attached hydrogen (secondary N) is 2. The number of hydrogen-bond donors (Lipinski definition) is 2. The van der Waals surface area contributed by atoms with Crippen LogP contribution < -0.4 is 10.6 Å². The van der Waals surface area contributed by atoms with Crippen molar-refractivity contribution in [1.29, 1.82) is 0 Å². The minimum atomic E-state index is 0.125. The van der Waals surface area contributed by atoms with Gasteiger partial charge in [-0.2, -0.15) is 0 Å². The number of aliphatic imine (C=N–C) groups is 1. The summed E-state index contributed by atoms with van der Waals surface area (Å²) in [5, 5.41) is 7.86. The van der Waals surface area contributed by atoms with Crippen molar-refractivity contribution in [3.8, 4) is 0 Å². The first kappa shape index (κ1) is 20.0. The van der Waals surface area contributed by atoms with E-state index < -0.39 is 0 Å². The van der Waals surface area contributed by atoms with Crippen LogP contribution in [0.5, 0.6) is 0 Å². The molecular weight excluding hydrogens is 366 g/mol. The second kappa shape index (κ2) is 9.43. The highest BCUT2D eigenvalue weighted by Crippen LogP contribution is 2.26. The SMILES string of the molecule is C=C/C=C\C=C(/C)[C@H]1NC(=NCc2ccc(Cl)cc2C)N[C@H]1c1ccccc1. The molecule has 0 saturated carbocycles. The van der Waals surface area contributed by atoms with Gasteiger partial charge in [0.15, 0.2) is 5.96 Å². The van der Waals surface area contributed by atoms with E-state index in [1.54, 1.807) is 6.08 Å². The first-order valence-electron chi connectivity index (χ1n) is 9.42. The van der Waals surface area contributed by atoms with Crippen LogP contribution in [0.3, 0.4) is 0 Å². The largest absolute Gasteiger partial charge is 0.347 e. The number of allylic oxidation sites excluding steroid dienone is 4. The summed E-state index contributed by atoms with van der Waals surface area (Å²) in [6.07, 6.45) is 7.84. The smallest absolute Gasteiger partial charge is 0.192 e. The molecule has 3 rings (SSSR count). The molecule has 0 bridgehead atoms. The summed E-state index contributed by atoms with van der Waals surface area (Å²) in [7, 11) is 0. The van der Waals surface area contributed by atoms with Crippen molar-refractivity contribution in [3.05, 3.63) is 107 Å². The molecule has 0 radical (unpaired) electrons. The zero-order chi connectivity index (χ0) is 19.9. The van der Waals surface area contributed by atoms with Crippen molar-refractivity contribution in [1.82, 2.24) is 10.6 Å². The van der Waals surface area contributed by atoms with Crippen LogP contribution in [0.15, 0.2) is 90.0 Å². The van der Waals surface area contributed by atoms with Crippen LogP contribution in [0.1, 0.15) is 29.7 Å². The lowest BCUT2D eigenvalue weighted by Crippen LogP contribution is -2.29. The lowest BCUT2D eigenvalue weighted by atomic mass is 9.95. The summed E-state index contributed by atoms with van der Waals surface area (Å²) in [5.74, 6) is 0.814. The normalized spacial score (nSPS) is 21.0. The molecule has 144 valence electrons. The van der Waals surface area contributed by atoms with Crippen LogP contribution in [0.25, 0.3) is 0 Å². The van der Waals surface area contributed by atoms with Crippen molar-refractivity contribution in [2.24, 2.45) is 4.99 Å². The second-order valence-electron chi connectivity index (χ2n) is 6.92. The van der Waals surface area contributed by atoms with Crippen LogP contribution >= 0.6 is 11.6 Å². The van der Waals surface area contributed by atoms with E-state index in [0.717, 1.165) is 16.5 Å². The highest BCUT2D eigenvalue weighted by Gasteiger charge is 2.32. The summed E-state index contributed by atoms with van der Waals surface area (Å²) in [4.78, 5) is 4.78. The number of benzene rings is 2. The van der Waals surface area contributed by atoms with Gasteiger partial charge < -0.3 is 10.6 Å². The Morgan fingerprint density at radius 1 is 1.14 bits per heavy atom. The van der Waals surface area contributed by atoms with Gasteiger partial charge in [-0.15, -0.1) is 0 Å². The third-order valence-electron chi connectivity index (χ3n) is 4.89. The Morgan fingerprint density at radius 2 is 1.93 bits per heavy atom. The quantitative estimate of drug-likeness (QED) is 0.638. The Labute approximate surface area is 172 Å². The van der Waals surface area contributed by atoms with Gasteiger partial charge in [-0.1, -0.05) is 78.9 Å². The van der Waals surface area contributed by atoms with Gasteiger partial charge in [0.05, 0.1) is 18.6 Å². The summed E-state index contributed by atoms with van der Waals surface area (Å²) in [5.41, 5.74) is 4.78. The van der Waals surface area contributed by atoms with Crippen molar-refractivity contribution in [2.75, 3.05) is 0 Å². The molecule has 2 aromatic carbocycles. The van der Waals surface area contributed by atoms with Gasteiger partial charge in [-0.3, -0.25) is 0 Å². The van der Waals surface area contributed by atoms with Gasteiger partial charge in [0, 0.05) is 5.02 Å². The van der Waals surface area contributed by atoms with Crippen LogP contribution in [-0.2, 0) is 6.54 Å². The minimum absolute atomic E-state index is 0.125. The first-order valence-corrected chi connectivity index (χ1v) is 9.79. The summed E-state index contributed by atoms with van der Waals surface area (Å²) in [6, 6.07) is 16.6. The highest BCUT2D eigenvalue weighted by atomic mass is 35.5. The second-order valence-corrected chi connectivity index (χ2v) is 7.36. The van der Waals surface area contributed by atoms with Crippen molar-refractivity contribution in [3.63, 3.8) is 0 Å². The van der Waals surface area contributed by atoms with Crippen molar-refractivity contribution >= 4 is 17.6 Å². The number of guanidine groups is 1. The van der Waals surface area contributed by atoms with E-state index in [0.29, 0.717) is 6.54 Å². The maximum Gasteiger partial charge on any atom is 0.192 e. The molecule has 1 heterocycles. The maximum atomic E-state index is 6.06. The molecular formula is C24H26ClN3. The van der Waals surface area contributed by atoms with Gasteiger partial charge >= 0.3 is 0 Å². The van der Waals surface area contributed by atoms with Gasteiger partial charge in [0.1, 0.15) is 0 Å². The lowest BCUT2D eigenvalue weighted by Gasteiger charge is -2.19. The Morgan fingerprint density at radius 3 is 2.64 bits per heavy atom. The van der Waals surface area contributed by atoms with E-state index >= 15 is 0 Å². The Balaban J connectivity index is 1.83. The highest BCUT2D eigenvalue weighted by molar-refractivity contribution is 6.30. The maximum absolute atomic E-state index is 6.06. The zero-order valence-electron chi connectivity index (χ0n) is 16.3. The fourth-order valence-corrected chi connectivity index (χ4v) is 3.52. The standard InChI is InChI=1S/C24H26ClN3/c1-4-5-7-10-17(2)22-23(19-11-8-6-9-12-19)28-24(27-22)26-16-20-13-14-21(25)15-18(20)3/h4-15,22-23H,1,16H2,2-3H3,(H2,26,27,28)/b7-5-,17-10+/t22-,23+/m1/s1. The number of aryl methyl sites for hydroxylation is 1. The van der Waals surface area contributed by atoms with E-state index in [-0.39, 0.29) is 12.1 Å². The molecule has 1 saturated heterocycles. The Hall–Kier alpha value is -2.78. The third kappa shape index (κ3) is 4.93. The number of rotatable bonds is 6. The predicted octanol–water partition coefficient (Wildman–Crippen LogP) is 5.50. The van der Waals surface area contributed by atoms with Gasteiger partial charge in [0.2, 0.25) is 0 Å². The number of hydrogen-bond acceptors (Lipinski definition) is 1. The minimum Gasteiger partial charge on any atom is -0.347 e. The van der Waals surface area contributed by atoms with Gasteiger partial charge in [-0.25, -0.2) is 4.99 Å². The first-order chi connectivity index (χ1) is 13.6. The van der Waals surface area contributed by atoms with E-state index in [2.05, 4.69) is 61.4 Å². The molecule has 2 atom stereocenters. The van der Waals surface area contributed by atoms with E-state index in [1.165, 1.54) is 16.7 Å². The fourth-order valence-electron chi connectivity index (χ4n) is 3.30. The molecule has 1 aliphatic rings. The number of nitrogens with zero attached hydrogens (tertiary/aromatic N) is 1. The summed E-state index contributed by atoms with van der Waals surface area (Å²) < 4.78 is 0.